The van der Waals surface area contributed by atoms with Gasteiger partial charge in [0.15, 0.2) is 11.0 Å². The van der Waals surface area contributed by atoms with Crippen molar-refractivity contribution in [3.8, 4) is 5.75 Å². The summed E-state index contributed by atoms with van der Waals surface area (Å²) in [6, 6.07) is 10.8. The number of rotatable bonds is 8. The first-order chi connectivity index (χ1) is 13.9. The minimum absolute atomic E-state index is 0.0424. The molecule has 0 N–H and O–H groups in total. The molecule has 1 heterocycles. The van der Waals surface area contributed by atoms with Gasteiger partial charge in [0.05, 0.1) is 5.56 Å². The van der Waals surface area contributed by atoms with Gasteiger partial charge in [-0.05, 0) is 35.9 Å². The van der Waals surface area contributed by atoms with Gasteiger partial charge in [-0.1, -0.05) is 36.0 Å². The SMILES string of the molecule is C=CCn1c(COc2cccc(C(F)(F)F)c2)nnc1SCc1ccc(F)cc1. The van der Waals surface area contributed by atoms with E-state index in [2.05, 4.69) is 16.8 Å². The van der Waals surface area contributed by atoms with Gasteiger partial charge in [-0.25, -0.2) is 4.39 Å². The van der Waals surface area contributed by atoms with E-state index in [0.29, 0.717) is 23.3 Å². The molecule has 2 aromatic carbocycles. The first-order valence-corrected chi connectivity index (χ1v) is 9.55. The van der Waals surface area contributed by atoms with Crippen LogP contribution in [0.3, 0.4) is 0 Å². The molecule has 3 aromatic rings. The van der Waals surface area contributed by atoms with Crippen molar-refractivity contribution in [1.29, 1.82) is 0 Å². The Morgan fingerprint density at radius 2 is 1.86 bits per heavy atom. The van der Waals surface area contributed by atoms with Crippen LogP contribution < -0.4 is 4.74 Å². The number of allylic oxidation sites excluding steroid dienone is 1. The van der Waals surface area contributed by atoms with Crippen molar-refractivity contribution < 1.29 is 22.3 Å². The van der Waals surface area contributed by atoms with Crippen LogP contribution in [0.4, 0.5) is 17.6 Å². The van der Waals surface area contributed by atoms with E-state index in [1.807, 2.05) is 0 Å². The lowest BCUT2D eigenvalue weighted by atomic mass is 10.2. The summed E-state index contributed by atoms with van der Waals surface area (Å²) in [4.78, 5) is 0. The second-order valence-electron chi connectivity index (χ2n) is 6.03. The third kappa shape index (κ3) is 5.60. The fraction of sp³-hybridized carbons (Fsp3) is 0.200. The molecule has 3 rings (SSSR count). The summed E-state index contributed by atoms with van der Waals surface area (Å²) in [6.45, 7) is 4.08. The van der Waals surface area contributed by atoms with Crippen molar-refractivity contribution in [3.63, 3.8) is 0 Å². The summed E-state index contributed by atoms with van der Waals surface area (Å²) >= 11 is 1.41. The summed E-state index contributed by atoms with van der Waals surface area (Å²) in [5, 5.41) is 8.82. The molecule has 0 unspecified atom stereocenters. The van der Waals surface area contributed by atoms with Crippen LogP contribution in [0.1, 0.15) is 17.0 Å². The monoisotopic (exact) mass is 423 g/mol. The van der Waals surface area contributed by atoms with E-state index in [1.54, 1.807) is 22.8 Å². The molecular weight excluding hydrogens is 406 g/mol. The van der Waals surface area contributed by atoms with Gasteiger partial charge in [0.25, 0.3) is 0 Å². The average Bonchev–Trinajstić information content (AvgIpc) is 3.07. The highest BCUT2D eigenvalue weighted by molar-refractivity contribution is 7.98. The molecule has 0 saturated heterocycles. The number of benzene rings is 2. The Hall–Kier alpha value is -2.81. The Balaban J connectivity index is 1.69. The van der Waals surface area contributed by atoms with Crippen molar-refractivity contribution in [2.45, 2.75) is 30.2 Å². The lowest BCUT2D eigenvalue weighted by Crippen LogP contribution is -2.08. The Labute approximate surface area is 169 Å². The summed E-state index contributed by atoms with van der Waals surface area (Å²) in [5.41, 5.74) is 0.143. The van der Waals surface area contributed by atoms with Gasteiger partial charge >= 0.3 is 6.18 Å². The van der Waals surface area contributed by atoms with Crippen molar-refractivity contribution in [1.82, 2.24) is 14.8 Å². The van der Waals surface area contributed by atoms with E-state index in [9.17, 15) is 17.6 Å². The van der Waals surface area contributed by atoms with Crippen LogP contribution in [0.25, 0.3) is 0 Å². The standard InChI is InChI=1S/C20H17F4N3OS/c1-2-10-27-18(12-28-17-5-3-4-15(11-17)20(22,23)24)25-26-19(27)29-13-14-6-8-16(21)9-7-14/h2-9,11H,1,10,12-13H2. The molecule has 0 spiro atoms. The van der Waals surface area contributed by atoms with Crippen molar-refractivity contribution >= 4 is 11.8 Å². The fourth-order valence-electron chi connectivity index (χ4n) is 2.48. The van der Waals surface area contributed by atoms with E-state index in [-0.39, 0.29) is 18.2 Å². The number of ether oxygens (including phenoxy) is 1. The lowest BCUT2D eigenvalue weighted by molar-refractivity contribution is -0.137. The average molecular weight is 423 g/mol. The van der Waals surface area contributed by atoms with E-state index < -0.39 is 11.7 Å². The Morgan fingerprint density at radius 1 is 1.10 bits per heavy atom. The summed E-state index contributed by atoms with van der Waals surface area (Å²) in [6.07, 6.45) is -2.77. The van der Waals surface area contributed by atoms with Gasteiger partial charge in [-0.15, -0.1) is 16.8 Å². The van der Waals surface area contributed by atoms with Gasteiger partial charge in [-0.3, -0.25) is 4.57 Å². The van der Waals surface area contributed by atoms with Crippen molar-refractivity contribution in [2.24, 2.45) is 0 Å². The van der Waals surface area contributed by atoms with E-state index in [4.69, 9.17) is 4.74 Å². The quantitative estimate of drug-likeness (QED) is 0.273. The smallest absolute Gasteiger partial charge is 0.416 e. The zero-order valence-corrected chi connectivity index (χ0v) is 16.0. The molecule has 152 valence electrons. The number of halogens is 4. The second-order valence-corrected chi connectivity index (χ2v) is 6.97. The molecule has 0 radical (unpaired) electrons. The third-order valence-electron chi connectivity index (χ3n) is 3.92. The summed E-state index contributed by atoms with van der Waals surface area (Å²) in [7, 11) is 0. The molecule has 29 heavy (non-hydrogen) atoms. The normalized spacial score (nSPS) is 11.4. The molecule has 0 saturated carbocycles. The van der Waals surface area contributed by atoms with Gasteiger partial charge in [-0.2, -0.15) is 13.2 Å². The Bertz CT molecular complexity index is 971. The van der Waals surface area contributed by atoms with Crippen molar-refractivity contribution in [2.75, 3.05) is 0 Å². The second kappa shape index (κ2) is 9.13. The van der Waals surface area contributed by atoms with E-state index >= 15 is 0 Å². The van der Waals surface area contributed by atoms with Gasteiger partial charge < -0.3 is 4.74 Å². The molecule has 0 bridgehead atoms. The molecule has 0 aliphatic heterocycles. The highest BCUT2D eigenvalue weighted by Gasteiger charge is 2.30. The number of hydrogen-bond acceptors (Lipinski definition) is 4. The van der Waals surface area contributed by atoms with Gasteiger partial charge in [0.1, 0.15) is 18.2 Å². The minimum Gasteiger partial charge on any atom is -0.486 e. The van der Waals surface area contributed by atoms with Crippen LogP contribution in [-0.4, -0.2) is 14.8 Å². The maximum absolute atomic E-state index is 13.0. The van der Waals surface area contributed by atoms with Gasteiger partial charge in [0.2, 0.25) is 0 Å². The van der Waals surface area contributed by atoms with Crippen LogP contribution in [0.15, 0.2) is 66.3 Å². The first-order valence-electron chi connectivity index (χ1n) is 8.57. The fourth-order valence-corrected chi connectivity index (χ4v) is 3.41. The molecule has 0 aliphatic carbocycles. The number of thioether (sulfide) groups is 1. The molecule has 0 aliphatic rings. The zero-order valence-electron chi connectivity index (χ0n) is 15.2. The van der Waals surface area contributed by atoms with E-state index in [1.165, 1.54) is 36.0 Å². The Kier molecular flexibility index (Phi) is 6.58. The molecule has 4 nitrogen and oxygen atoms in total. The largest absolute Gasteiger partial charge is 0.486 e. The summed E-state index contributed by atoms with van der Waals surface area (Å²) < 4.78 is 58.8. The highest BCUT2D eigenvalue weighted by atomic mass is 32.2. The first kappa shape index (κ1) is 20.9. The lowest BCUT2D eigenvalue weighted by Gasteiger charge is -2.11. The number of hydrogen-bond donors (Lipinski definition) is 0. The maximum atomic E-state index is 13.0. The molecule has 0 amide bonds. The summed E-state index contributed by atoms with van der Waals surface area (Å²) in [5.74, 6) is 0.810. The van der Waals surface area contributed by atoms with Crippen LogP contribution in [0, 0.1) is 5.82 Å². The predicted molar refractivity (Wildman–Crippen MR) is 102 cm³/mol. The van der Waals surface area contributed by atoms with Crippen LogP contribution >= 0.6 is 11.8 Å². The Morgan fingerprint density at radius 3 is 2.55 bits per heavy atom. The van der Waals surface area contributed by atoms with E-state index in [0.717, 1.165) is 17.7 Å². The highest BCUT2D eigenvalue weighted by Crippen LogP contribution is 2.31. The number of nitrogens with zero attached hydrogens (tertiary/aromatic N) is 3. The predicted octanol–water partition coefficient (Wildman–Crippen LogP) is 5.49. The van der Waals surface area contributed by atoms with Gasteiger partial charge in [0, 0.05) is 12.3 Å². The molecule has 1 aromatic heterocycles. The van der Waals surface area contributed by atoms with Crippen LogP contribution in [0.2, 0.25) is 0 Å². The molecule has 0 atom stereocenters. The van der Waals surface area contributed by atoms with Crippen LogP contribution in [-0.2, 0) is 25.1 Å². The molecule has 9 heteroatoms. The maximum Gasteiger partial charge on any atom is 0.416 e. The molecule has 0 fully saturated rings. The minimum atomic E-state index is -4.44. The zero-order chi connectivity index (χ0) is 20.9. The van der Waals surface area contributed by atoms with Crippen molar-refractivity contribution in [3.05, 3.63) is 84.0 Å². The van der Waals surface area contributed by atoms with Crippen LogP contribution in [0.5, 0.6) is 5.75 Å². The third-order valence-corrected chi connectivity index (χ3v) is 4.95. The number of aromatic nitrogens is 3. The number of alkyl halides is 3. The molecular formula is C20H17F4N3OS. The topological polar surface area (TPSA) is 39.9 Å².